The monoisotopic (exact) mass is 194 g/mol. The van der Waals surface area contributed by atoms with Gasteiger partial charge in [-0.3, -0.25) is 0 Å². The number of aliphatic hydroxyl groups is 1. The molecule has 1 heterocycles. The molecule has 2 N–H and O–H groups in total. The quantitative estimate of drug-likeness (QED) is 0.748. The van der Waals surface area contributed by atoms with Gasteiger partial charge in [0.25, 0.3) is 0 Å². The summed E-state index contributed by atoms with van der Waals surface area (Å²) in [5.41, 5.74) is 2.39. The van der Waals surface area contributed by atoms with E-state index >= 15 is 0 Å². The molecular weight excluding hydrogens is 176 g/mol. The van der Waals surface area contributed by atoms with Gasteiger partial charge in [0.15, 0.2) is 0 Å². The second-order valence-corrected chi connectivity index (χ2v) is 3.21. The Kier molecular flexibility index (Phi) is 4.40. The maximum atomic E-state index is 8.69. The van der Waals surface area contributed by atoms with E-state index in [1.807, 2.05) is 6.07 Å². The van der Waals surface area contributed by atoms with Crippen LogP contribution in [0.25, 0.3) is 0 Å². The number of pyridine rings is 1. The van der Waals surface area contributed by atoms with Gasteiger partial charge in [0, 0.05) is 12.2 Å². The smallest absolute Gasteiger partial charge is 0.126 e. The Morgan fingerprint density at radius 1 is 1.29 bits per heavy atom. The summed E-state index contributed by atoms with van der Waals surface area (Å²) in [7, 11) is 0. The van der Waals surface area contributed by atoms with Gasteiger partial charge in [0.1, 0.15) is 5.82 Å². The SMILES string of the molecule is CCc1cc(CC)nc(NCCO)c1. The van der Waals surface area contributed by atoms with Gasteiger partial charge in [-0.05, 0) is 30.5 Å². The normalized spacial score (nSPS) is 10.2. The topological polar surface area (TPSA) is 45.2 Å². The number of hydrogen-bond acceptors (Lipinski definition) is 3. The molecule has 0 aliphatic rings. The van der Waals surface area contributed by atoms with Crippen molar-refractivity contribution in [3.63, 3.8) is 0 Å². The Bertz CT molecular complexity index is 264. The Morgan fingerprint density at radius 2 is 2.07 bits per heavy atom. The van der Waals surface area contributed by atoms with E-state index in [2.05, 4.69) is 30.2 Å². The summed E-state index contributed by atoms with van der Waals surface area (Å²) in [6.07, 6.45) is 1.96. The third-order valence-corrected chi connectivity index (χ3v) is 2.13. The van der Waals surface area contributed by atoms with Crippen LogP contribution in [0.3, 0.4) is 0 Å². The number of aromatic nitrogens is 1. The summed E-state index contributed by atoms with van der Waals surface area (Å²) in [5, 5.41) is 11.8. The fraction of sp³-hybridized carbons (Fsp3) is 0.545. The van der Waals surface area contributed by atoms with E-state index in [4.69, 9.17) is 5.11 Å². The number of aryl methyl sites for hydroxylation is 2. The van der Waals surface area contributed by atoms with Crippen LogP contribution < -0.4 is 5.32 Å². The number of anilines is 1. The number of nitrogens with one attached hydrogen (secondary N) is 1. The molecule has 0 radical (unpaired) electrons. The van der Waals surface area contributed by atoms with Gasteiger partial charge >= 0.3 is 0 Å². The number of nitrogens with zero attached hydrogens (tertiary/aromatic N) is 1. The fourth-order valence-corrected chi connectivity index (χ4v) is 1.31. The van der Waals surface area contributed by atoms with Crippen molar-refractivity contribution in [2.45, 2.75) is 26.7 Å². The van der Waals surface area contributed by atoms with Gasteiger partial charge in [-0.1, -0.05) is 13.8 Å². The molecule has 1 aromatic heterocycles. The molecule has 1 rings (SSSR count). The highest BCUT2D eigenvalue weighted by atomic mass is 16.3. The van der Waals surface area contributed by atoms with Crippen molar-refractivity contribution in [1.29, 1.82) is 0 Å². The van der Waals surface area contributed by atoms with Crippen molar-refractivity contribution >= 4 is 5.82 Å². The van der Waals surface area contributed by atoms with Crippen LogP contribution in [-0.4, -0.2) is 23.2 Å². The molecule has 0 saturated heterocycles. The maximum Gasteiger partial charge on any atom is 0.126 e. The van der Waals surface area contributed by atoms with Gasteiger partial charge < -0.3 is 10.4 Å². The second kappa shape index (κ2) is 5.60. The van der Waals surface area contributed by atoms with Crippen LogP contribution >= 0.6 is 0 Å². The predicted molar refractivity (Wildman–Crippen MR) is 58.6 cm³/mol. The molecule has 78 valence electrons. The lowest BCUT2D eigenvalue weighted by Crippen LogP contribution is -2.08. The van der Waals surface area contributed by atoms with Crippen molar-refractivity contribution in [3.05, 3.63) is 23.4 Å². The average molecular weight is 194 g/mol. The minimum atomic E-state index is 0.138. The zero-order chi connectivity index (χ0) is 10.4. The lowest BCUT2D eigenvalue weighted by molar-refractivity contribution is 0.311. The second-order valence-electron chi connectivity index (χ2n) is 3.21. The first-order valence-corrected chi connectivity index (χ1v) is 5.14. The highest BCUT2D eigenvalue weighted by Gasteiger charge is 1.99. The van der Waals surface area contributed by atoms with Crippen molar-refractivity contribution in [3.8, 4) is 0 Å². The van der Waals surface area contributed by atoms with Crippen molar-refractivity contribution in [1.82, 2.24) is 4.98 Å². The van der Waals surface area contributed by atoms with E-state index in [1.165, 1.54) is 5.56 Å². The van der Waals surface area contributed by atoms with E-state index in [0.717, 1.165) is 24.4 Å². The zero-order valence-corrected chi connectivity index (χ0v) is 8.88. The number of hydrogen-bond donors (Lipinski definition) is 2. The standard InChI is InChI=1S/C11H18N2O/c1-3-9-7-10(4-2)13-11(8-9)12-5-6-14/h7-8,14H,3-6H2,1-2H3,(H,12,13). The molecule has 0 saturated carbocycles. The molecule has 0 spiro atoms. The first-order valence-electron chi connectivity index (χ1n) is 5.14. The van der Waals surface area contributed by atoms with Crippen LogP contribution in [0.2, 0.25) is 0 Å². The molecule has 0 unspecified atom stereocenters. The van der Waals surface area contributed by atoms with Gasteiger partial charge in [0.05, 0.1) is 6.61 Å². The first kappa shape index (κ1) is 11.0. The molecule has 0 atom stereocenters. The van der Waals surface area contributed by atoms with E-state index in [1.54, 1.807) is 0 Å². The summed E-state index contributed by atoms with van der Waals surface area (Å²) in [6.45, 7) is 4.92. The minimum absolute atomic E-state index is 0.138. The molecule has 0 aliphatic heterocycles. The summed E-state index contributed by atoms with van der Waals surface area (Å²) >= 11 is 0. The van der Waals surface area contributed by atoms with Crippen molar-refractivity contribution < 1.29 is 5.11 Å². The molecule has 0 aromatic carbocycles. The Labute approximate surface area is 85.2 Å². The molecule has 3 nitrogen and oxygen atoms in total. The third-order valence-electron chi connectivity index (χ3n) is 2.13. The first-order chi connectivity index (χ1) is 6.80. The van der Waals surface area contributed by atoms with Gasteiger partial charge in [-0.2, -0.15) is 0 Å². The lowest BCUT2D eigenvalue weighted by Gasteiger charge is -2.07. The molecule has 0 aliphatic carbocycles. The molecule has 0 bridgehead atoms. The minimum Gasteiger partial charge on any atom is -0.395 e. The van der Waals surface area contributed by atoms with Gasteiger partial charge in [0.2, 0.25) is 0 Å². The Balaban J connectivity index is 2.81. The van der Waals surface area contributed by atoms with Crippen LogP contribution in [0, 0.1) is 0 Å². The number of aliphatic hydroxyl groups excluding tert-OH is 1. The average Bonchev–Trinajstić information content (AvgIpc) is 2.25. The Morgan fingerprint density at radius 3 is 2.64 bits per heavy atom. The van der Waals surface area contributed by atoms with Gasteiger partial charge in [-0.25, -0.2) is 4.98 Å². The lowest BCUT2D eigenvalue weighted by atomic mass is 10.1. The van der Waals surface area contributed by atoms with Gasteiger partial charge in [-0.15, -0.1) is 0 Å². The molecule has 1 aromatic rings. The predicted octanol–water partition coefficient (Wildman–Crippen LogP) is 1.61. The highest BCUT2D eigenvalue weighted by molar-refractivity contribution is 5.39. The molecule has 0 fully saturated rings. The van der Waals surface area contributed by atoms with Crippen LogP contribution in [-0.2, 0) is 12.8 Å². The van der Waals surface area contributed by atoms with E-state index < -0.39 is 0 Å². The van der Waals surface area contributed by atoms with Crippen LogP contribution in [0.5, 0.6) is 0 Å². The molecule has 0 amide bonds. The summed E-state index contributed by atoms with van der Waals surface area (Å²) in [6, 6.07) is 4.17. The molecule has 3 heteroatoms. The summed E-state index contributed by atoms with van der Waals surface area (Å²) in [5.74, 6) is 0.871. The Hall–Kier alpha value is -1.09. The van der Waals surface area contributed by atoms with E-state index in [0.29, 0.717) is 6.54 Å². The van der Waals surface area contributed by atoms with Crippen LogP contribution in [0.1, 0.15) is 25.1 Å². The molecule has 14 heavy (non-hydrogen) atoms. The fourth-order valence-electron chi connectivity index (χ4n) is 1.31. The van der Waals surface area contributed by atoms with Crippen molar-refractivity contribution in [2.24, 2.45) is 0 Å². The summed E-state index contributed by atoms with van der Waals surface area (Å²) < 4.78 is 0. The van der Waals surface area contributed by atoms with E-state index in [-0.39, 0.29) is 6.61 Å². The largest absolute Gasteiger partial charge is 0.395 e. The van der Waals surface area contributed by atoms with Crippen LogP contribution in [0.4, 0.5) is 5.82 Å². The maximum absolute atomic E-state index is 8.69. The van der Waals surface area contributed by atoms with Crippen LogP contribution in [0.15, 0.2) is 12.1 Å². The number of rotatable bonds is 5. The highest BCUT2D eigenvalue weighted by Crippen LogP contribution is 2.11. The third kappa shape index (κ3) is 3.00. The zero-order valence-electron chi connectivity index (χ0n) is 8.88. The summed E-state index contributed by atoms with van der Waals surface area (Å²) in [4.78, 5) is 4.42. The molecular formula is C11H18N2O. The van der Waals surface area contributed by atoms with E-state index in [9.17, 15) is 0 Å². The van der Waals surface area contributed by atoms with Crippen molar-refractivity contribution in [2.75, 3.05) is 18.5 Å².